The number of alkyl halides is 3. The number of amides is 1. The Bertz CT molecular complexity index is 1500. The van der Waals surface area contributed by atoms with Crippen molar-refractivity contribution in [2.24, 2.45) is 5.92 Å². The number of aryl methyl sites for hydroxylation is 1. The Balaban J connectivity index is 1.49. The molecule has 2 unspecified atom stereocenters. The molecule has 3 N–H and O–H groups in total. The van der Waals surface area contributed by atoms with Gasteiger partial charge in [-0.3, -0.25) is 9.36 Å². The van der Waals surface area contributed by atoms with E-state index in [2.05, 4.69) is 25.9 Å². The second-order valence-electron chi connectivity index (χ2n) is 12.2. The molecule has 1 aliphatic heterocycles. The summed E-state index contributed by atoms with van der Waals surface area (Å²) in [6.07, 6.45) is -0.153. The third-order valence-corrected chi connectivity index (χ3v) is 8.10. The van der Waals surface area contributed by atoms with Crippen molar-refractivity contribution < 1.29 is 22.7 Å². The first kappa shape index (κ1) is 29.8. The minimum atomic E-state index is -4.81. The van der Waals surface area contributed by atoms with Gasteiger partial charge >= 0.3 is 12.3 Å². The molecule has 0 spiro atoms. The van der Waals surface area contributed by atoms with Crippen LogP contribution in [0.4, 0.5) is 29.6 Å². The molecule has 42 heavy (non-hydrogen) atoms. The molecular weight excluding hydrogens is 549 g/mol. The van der Waals surface area contributed by atoms with Crippen LogP contribution < -0.4 is 21.5 Å². The zero-order valence-electron chi connectivity index (χ0n) is 24.3. The predicted molar refractivity (Wildman–Crippen MR) is 154 cm³/mol. The van der Waals surface area contributed by atoms with Crippen LogP contribution in [0.25, 0.3) is 11.0 Å². The zero-order valence-corrected chi connectivity index (χ0v) is 24.3. The summed E-state index contributed by atoms with van der Waals surface area (Å²) in [6.45, 7) is 7.13. The summed E-state index contributed by atoms with van der Waals surface area (Å²) in [5, 5.41) is 9.04. The Kier molecular flexibility index (Phi) is 7.95. The molecule has 1 aromatic carbocycles. The highest BCUT2D eigenvalue weighted by Crippen LogP contribution is 2.47. The quantitative estimate of drug-likeness (QED) is 0.332. The largest absolute Gasteiger partial charge is 0.444 e. The fourth-order valence-electron chi connectivity index (χ4n) is 6.16. The lowest BCUT2D eigenvalue weighted by Crippen LogP contribution is -2.61. The lowest BCUT2D eigenvalue weighted by molar-refractivity contribution is -0.214. The fraction of sp³-hybridized carbons (Fsp3) is 0.533. The average Bonchev–Trinajstić information content (AvgIpc) is 3.61. The zero-order chi connectivity index (χ0) is 30.3. The maximum absolute atomic E-state index is 15.0. The van der Waals surface area contributed by atoms with E-state index in [4.69, 9.17) is 4.74 Å². The molecule has 12 heteroatoms. The first-order chi connectivity index (χ1) is 19.8. The smallest absolute Gasteiger partial charge is 0.416 e. The first-order valence-electron chi connectivity index (χ1n) is 14.3. The molecule has 0 radical (unpaired) electrons. The lowest BCUT2D eigenvalue weighted by Gasteiger charge is -2.41. The molecule has 2 fully saturated rings. The number of anilines is 2. The number of ether oxygens (including phenoxy) is 1. The van der Waals surface area contributed by atoms with Gasteiger partial charge < -0.3 is 20.7 Å². The first-order valence-corrected chi connectivity index (χ1v) is 14.3. The van der Waals surface area contributed by atoms with Crippen LogP contribution >= 0.6 is 0 Å². The molecule has 5 rings (SSSR count). The van der Waals surface area contributed by atoms with Gasteiger partial charge in [0, 0.05) is 41.8 Å². The number of hydrogen-bond donors (Lipinski definition) is 3. The summed E-state index contributed by atoms with van der Waals surface area (Å²) in [4.78, 5) is 34.7. The summed E-state index contributed by atoms with van der Waals surface area (Å²) in [5.74, 6) is -0.718. The average molecular weight is 587 g/mol. The molecular formula is C30H37F3N6O3. The number of hydrogen-bond acceptors (Lipinski definition) is 7. The van der Waals surface area contributed by atoms with E-state index in [1.54, 1.807) is 37.6 Å². The van der Waals surface area contributed by atoms with Crippen LogP contribution in [0, 0.1) is 12.8 Å². The summed E-state index contributed by atoms with van der Waals surface area (Å²) in [5.41, 5.74) is -2.07. The highest BCUT2D eigenvalue weighted by atomic mass is 19.4. The van der Waals surface area contributed by atoms with E-state index in [-0.39, 0.29) is 36.1 Å². The van der Waals surface area contributed by atoms with Gasteiger partial charge in [-0.15, -0.1) is 0 Å². The number of nitrogens with zero attached hydrogens (tertiary/aromatic N) is 3. The minimum absolute atomic E-state index is 0.0701. The Labute approximate surface area is 242 Å². The van der Waals surface area contributed by atoms with Gasteiger partial charge in [-0.2, -0.15) is 18.2 Å². The number of benzene rings is 1. The lowest BCUT2D eigenvalue weighted by atomic mass is 9.76. The number of pyridine rings is 1. The number of carbonyl (C=O) groups excluding carboxylic acids is 1. The highest BCUT2D eigenvalue weighted by Gasteiger charge is 2.62. The van der Waals surface area contributed by atoms with Crippen LogP contribution in [0.5, 0.6) is 0 Å². The molecule has 2 aliphatic rings. The number of nitrogens with one attached hydrogen (secondary N) is 3. The molecule has 3 aromatic rings. The Morgan fingerprint density at radius 1 is 1.10 bits per heavy atom. The molecule has 226 valence electrons. The Morgan fingerprint density at radius 2 is 1.79 bits per heavy atom. The van der Waals surface area contributed by atoms with Gasteiger partial charge in [0.15, 0.2) is 5.54 Å². The Hall–Kier alpha value is -3.67. The van der Waals surface area contributed by atoms with Gasteiger partial charge in [-0.1, -0.05) is 25.0 Å². The molecule has 0 bridgehead atoms. The highest BCUT2D eigenvalue weighted by molar-refractivity contribution is 5.79. The Morgan fingerprint density at radius 3 is 2.38 bits per heavy atom. The summed E-state index contributed by atoms with van der Waals surface area (Å²) in [6, 6.07) is 7.39. The van der Waals surface area contributed by atoms with E-state index >= 15 is 0 Å². The van der Waals surface area contributed by atoms with Crippen LogP contribution in [0.3, 0.4) is 0 Å². The summed E-state index contributed by atoms with van der Waals surface area (Å²) in [7, 11) is 0. The molecule has 2 aromatic heterocycles. The van der Waals surface area contributed by atoms with E-state index in [1.165, 1.54) is 24.3 Å². The standard InChI is InChI=1S/C30H37F3N6O3/c1-18-15-24(40)39(22-7-5-6-8-22)25-23(18)17-35-26(37-25)36-21-11-9-19(10-12-21)29(30(31,32)33,20-13-14-34-16-20)38-27(41)42-28(2,3)4/h9-12,15,17,20,22,34H,5-8,13-14,16H2,1-4H3,(H,38,41)(H,35,36,37). The number of halogens is 3. The molecule has 3 heterocycles. The molecule has 2 atom stereocenters. The number of fused-ring (bicyclic) bond motifs is 1. The van der Waals surface area contributed by atoms with Gasteiger partial charge in [0.2, 0.25) is 5.95 Å². The minimum Gasteiger partial charge on any atom is -0.444 e. The number of alkyl carbamates (subject to hydrolysis) is 1. The van der Waals surface area contributed by atoms with Crippen LogP contribution in [-0.4, -0.2) is 45.5 Å². The normalized spacial score (nSPS) is 19.5. The van der Waals surface area contributed by atoms with E-state index in [0.29, 0.717) is 17.9 Å². The van der Waals surface area contributed by atoms with Crippen LogP contribution in [0.15, 0.2) is 41.3 Å². The van der Waals surface area contributed by atoms with Gasteiger partial charge in [0.1, 0.15) is 11.2 Å². The number of aromatic nitrogens is 3. The van der Waals surface area contributed by atoms with Gasteiger partial charge in [-0.25, -0.2) is 9.78 Å². The van der Waals surface area contributed by atoms with E-state index in [0.717, 1.165) is 36.6 Å². The number of carbonyl (C=O) groups is 1. The maximum atomic E-state index is 15.0. The van der Waals surface area contributed by atoms with Crippen molar-refractivity contribution in [2.45, 2.75) is 83.2 Å². The van der Waals surface area contributed by atoms with E-state index in [9.17, 15) is 22.8 Å². The second-order valence-corrected chi connectivity index (χ2v) is 12.2. The molecule has 1 saturated heterocycles. The van der Waals surface area contributed by atoms with E-state index in [1.807, 2.05) is 6.92 Å². The van der Waals surface area contributed by atoms with Crippen molar-refractivity contribution in [2.75, 3.05) is 18.4 Å². The maximum Gasteiger partial charge on any atom is 0.416 e. The summed E-state index contributed by atoms with van der Waals surface area (Å²) >= 11 is 0. The van der Waals surface area contributed by atoms with Crippen LogP contribution in [0.2, 0.25) is 0 Å². The van der Waals surface area contributed by atoms with Crippen LogP contribution in [-0.2, 0) is 10.3 Å². The fourth-order valence-corrected chi connectivity index (χ4v) is 6.16. The van der Waals surface area contributed by atoms with E-state index < -0.39 is 29.3 Å². The summed E-state index contributed by atoms with van der Waals surface area (Å²) < 4.78 is 51.9. The predicted octanol–water partition coefficient (Wildman–Crippen LogP) is 5.85. The van der Waals surface area contributed by atoms with Crippen LogP contribution in [0.1, 0.15) is 70.0 Å². The number of rotatable bonds is 6. The topological polar surface area (TPSA) is 110 Å². The molecule has 9 nitrogen and oxygen atoms in total. The monoisotopic (exact) mass is 586 g/mol. The molecule has 1 amide bonds. The van der Waals surface area contributed by atoms with Crippen molar-refractivity contribution in [1.82, 2.24) is 25.2 Å². The van der Waals surface area contributed by atoms with Crippen molar-refractivity contribution in [3.8, 4) is 0 Å². The van der Waals surface area contributed by atoms with Crippen molar-refractivity contribution in [3.63, 3.8) is 0 Å². The SMILES string of the molecule is Cc1cc(=O)n(C2CCCC2)c2nc(Nc3ccc(C(NC(=O)OC(C)(C)C)(C4CCNC4)C(F)(F)F)cc3)ncc12. The second kappa shape index (κ2) is 11.2. The van der Waals surface area contributed by atoms with Gasteiger partial charge in [-0.05, 0) is 76.8 Å². The van der Waals surface area contributed by atoms with Gasteiger partial charge in [0.25, 0.3) is 5.56 Å². The third-order valence-electron chi connectivity index (χ3n) is 8.10. The third kappa shape index (κ3) is 5.81. The van der Waals surface area contributed by atoms with Crippen molar-refractivity contribution in [1.29, 1.82) is 0 Å². The van der Waals surface area contributed by atoms with Gasteiger partial charge in [0.05, 0.1) is 0 Å². The van der Waals surface area contributed by atoms with Crippen molar-refractivity contribution >= 4 is 28.8 Å². The molecule has 1 aliphatic carbocycles. The van der Waals surface area contributed by atoms with Crippen molar-refractivity contribution in [3.05, 3.63) is 58.0 Å². The molecule has 1 saturated carbocycles.